The molecule has 4 nitrogen and oxygen atoms in total. The zero-order valence-corrected chi connectivity index (χ0v) is 12.1. The van der Waals surface area contributed by atoms with E-state index in [9.17, 15) is 0 Å². The fourth-order valence-electron chi connectivity index (χ4n) is 2.84. The molecule has 0 radical (unpaired) electrons. The van der Waals surface area contributed by atoms with E-state index in [0.29, 0.717) is 0 Å². The van der Waals surface area contributed by atoms with Crippen molar-refractivity contribution in [3.8, 4) is 11.4 Å². The van der Waals surface area contributed by atoms with Crippen molar-refractivity contribution in [2.75, 3.05) is 0 Å². The summed E-state index contributed by atoms with van der Waals surface area (Å²) < 4.78 is 5.82. The van der Waals surface area contributed by atoms with Gasteiger partial charge in [-0.25, -0.2) is 4.98 Å². The van der Waals surface area contributed by atoms with Gasteiger partial charge in [-0.05, 0) is 42.5 Å². The minimum absolute atomic E-state index is 0.786. The first-order valence-electron chi connectivity index (χ1n) is 7.38. The van der Waals surface area contributed by atoms with E-state index >= 15 is 0 Å². The molecule has 1 aromatic carbocycles. The highest BCUT2D eigenvalue weighted by atomic mass is 16.3. The molecule has 0 saturated carbocycles. The van der Waals surface area contributed by atoms with Crippen LogP contribution in [0.5, 0.6) is 0 Å². The van der Waals surface area contributed by atoms with Crippen LogP contribution in [0, 0.1) is 0 Å². The van der Waals surface area contributed by atoms with Gasteiger partial charge in [0.1, 0.15) is 11.1 Å². The van der Waals surface area contributed by atoms with Crippen LogP contribution >= 0.6 is 0 Å². The number of fused-ring (bicyclic) bond motifs is 4. The predicted molar refractivity (Wildman–Crippen MR) is 90.0 cm³/mol. The maximum absolute atomic E-state index is 5.82. The van der Waals surface area contributed by atoms with E-state index in [1.165, 1.54) is 0 Å². The Morgan fingerprint density at radius 1 is 0.783 bits per heavy atom. The molecular formula is C19H11N3O. The number of nitrogens with zero attached hydrogens (tertiary/aromatic N) is 3. The fourth-order valence-corrected chi connectivity index (χ4v) is 2.84. The summed E-state index contributed by atoms with van der Waals surface area (Å²) in [5.41, 5.74) is 5.03. The molecule has 0 aliphatic carbocycles. The second-order valence-electron chi connectivity index (χ2n) is 5.41. The third-order valence-corrected chi connectivity index (χ3v) is 3.97. The van der Waals surface area contributed by atoms with Crippen molar-refractivity contribution < 1.29 is 4.42 Å². The molecule has 0 bridgehead atoms. The summed E-state index contributed by atoms with van der Waals surface area (Å²) in [6, 6.07) is 17.7. The van der Waals surface area contributed by atoms with Gasteiger partial charge in [0.2, 0.25) is 0 Å². The monoisotopic (exact) mass is 297 g/mol. The predicted octanol–water partition coefficient (Wildman–Crippen LogP) is 4.59. The smallest absolute Gasteiger partial charge is 0.153 e. The van der Waals surface area contributed by atoms with E-state index in [2.05, 4.69) is 9.97 Å². The van der Waals surface area contributed by atoms with Gasteiger partial charge in [-0.2, -0.15) is 0 Å². The van der Waals surface area contributed by atoms with Crippen molar-refractivity contribution in [3.63, 3.8) is 0 Å². The number of rotatable bonds is 1. The highest BCUT2D eigenvalue weighted by molar-refractivity contribution is 6.02. The maximum atomic E-state index is 5.82. The Bertz CT molecular complexity index is 1180. The van der Waals surface area contributed by atoms with Crippen LogP contribution in [0.4, 0.5) is 0 Å². The highest BCUT2D eigenvalue weighted by Crippen LogP contribution is 2.29. The molecule has 0 unspecified atom stereocenters. The standard InChI is InChI=1S/C19H11N3O/c1-2-6-17-13(5-1)19-18(23-17)8-7-14(22-19)16-10-15-12(11-21-16)4-3-9-20-15/h1-11H. The lowest BCUT2D eigenvalue weighted by Crippen LogP contribution is -1.89. The summed E-state index contributed by atoms with van der Waals surface area (Å²) in [6.45, 7) is 0. The third-order valence-electron chi connectivity index (χ3n) is 3.97. The third kappa shape index (κ3) is 1.89. The van der Waals surface area contributed by atoms with E-state index in [4.69, 9.17) is 9.40 Å². The van der Waals surface area contributed by atoms with Crippen LogP contribution in [-0.4, -0.2) is 15.0 Å². The van der Waals surface area contributed by atoms with Crippen molar-refractivity contribution in [1.29, 1.82) is 0 Å². The molecule has 0 spiro atoms. The summed E-state index contributed by atoms with van der Waals surface area (Å²) in [5, 5.41) is 2.04. The van der Waals surface area contributed by atoms with Gasteiger partial charge < -0.3 is 4.42 Å². The summed E-state index contributed by atoms with van der Waals surface area (Å²) in [6.07, 6.45) is 3.61. The largest absolute Gasteiger partial charge is 0.454 e. The average Bonchev–Trinajstić information content (AvgIpc) is 2.99. The van der Waals surface area contributed by atoms with Crippen molar-refractivity contribution >= 4 is 33.0 Å². The minimum atomic E-state index is 0.786. The minimum Gasteiger partial charge on any atom is -0.454 e. The molecule has 4 heteroatoms. The van der Waals surface area contributed by atoms with E-state index in [0.717, 1.165) is 44.4 Å². The molecule has 23 heavy (non-hydrogen) atoms. The second-order valence-corrected chi connectivity index (χ2v) is 5.41. The van der Waals surface area contributed by atoms with Gasteiger partial charge in [-0.1, -0.05) is 12.1 Å². The Kier molecular flexibility index (Phi) is 2.46. The number of furan rings is 1. The molecule has 5 aromatic rings. The summed E-state index contributed by atoms with van der Waals surface area (Å²) >= 11 is 0. The SMILES string of the molecule is c1cnc2cc(-c3ccc4oc5ccccc5c4n3)ncc2c1. The van der Waals surface area contributed by atoms with Crippen molar-refractivity contribution in [3.05, 3.63) is 67.0 Å². The first-order chi connectivity index (χ1) is 11.4. The van der Waals surface area contributed by atoms with Crippen LogP contribution in [0.15, 0.2) is 71.4 Å². The molecule has 4 aromatic heterocycles. The first-order valence-corrected chi connectivity index (χ1v) is 7.38. The summed E-state index contributed by atoms with van der Waals surface area (Å²) in [7, 11) is 0. The maximum Gasteiger partial charge on any atom is 0.153 e. The molecule has 0 amide bonds. The van der Waals surface area contributed by atoms with Gasteiger partial charge in [0.15, 0.2) is 5.58 Å². The van der Waals surface area contributed by atoms with Crippen LogP contribution in [0.25, 0.3) is 44.4 Å². The van der Waals surface area contributed by atoms with E-state index in [1.807, 2.05) is 60.8 Å². The van der Waals surface area contributed by atoms with Gasteiger partial charge in [0, 0.05) is 23.2 Å². The Morgan fingerprint density at radius 3 is 2.74 bits per heavy atom. The molecule has 0 aliphatic rings. The molecule has 0 fully saturated rings. The average molecular weight is 297 g/mol. The zero-order valence-electron chi connectivity index (χ0n) is 12.1. The molecule has 5 rings (SSSR count). The van der Waals surface area contributed by atoms with Crippen LogP contribution in [0.2, 0.25) is 0 Å². The second kappa shape index (κ2) is 4.61. The van der Waals surface area contributed by atoms with Gasteiger partial charge in [-0.15, -0.1) is 0 Å². The first kappa shape index (κ1) is 12.3. The zero-order chi connectivity index (χ0) is 15.2. The lowest BCUT2D eigenvalue weighted by Gasteiger charge is -2.02. The summed E-state index contributed by atoms with van der Waals surface area (Å²) in [5.74, 6) is 0. The van der Waals surface area contributed by atoms with Crippen molar-refractivity contribution in [2.24, 2.45) is 0 Å². The van der Waals surface area contributed by atoms with Crippen LogP contribution in [0.1, 0.15) is 0 Å². The Balaban J connectivity index is 1.76. The van der Waals surface area contributed by atoms with Gasteiger partial charge >= 0.3 is 0 Å². The normalized spacial score (nSPS) is 11.5. The Morgan fingerprint density at radius 2 is 1.74 bits per heavy atom. The highest BCUT2D eigenvalue weighted by Gasteiger charge is 2.10. The van der Waals surface area contributed by atoms with Crippen LogP contribution < -0.4 is 0 Å². The lowest BCUT2D eigenvalue weighted by molar-refractivity contribution is 0.668. The van der Waals surface area contributed by atoms with Crippen molar-refractivity contribution in [2.45, 2.75) is 0 Å². The fraction of sp³-hybridized carbons (Fsp3) is 0. The van der Waals surface area contributed by atoms with Gasteiger partial charge in [-0.3, -0.25) is 9.97 Å². The van der Waals surface area contributed by atoms with E-state index in [-0.39, 0.29) is 0 Å². The van der Waals surface area contributed by atoms with Gasteiger partial charge in [0.25, 0.3) is 0 Å². The number of benzene rings is 1. The molecule has 0 atom stereocenters. The number of aromatic nitrogens is 3. The molecule has 4 heterocycles. The molecular weight excluding hydrogens is 286 g/mol. The van der Waals surface area contributed by atoms with E-state index < -0.39 is 0 Å². The van der Waals surface area contributed by atoms with Gasteiger partial charge in [0.05, 0.1) is 16.9 Å². The summed E-state index contributed by atoms with van der Waals surface area (Å²) in [4.78, 5) is 13.7. The van der Waals surface area contributed by atoms with Crippen LogP contribution in [0.3, 0.4) is 0 Å². The Hall–Kier alpha value is -3.27. The van der Waals surface area contributed by atoms with E-state index in [1.54, 1.807) is 6.20 Å². The molecule has 108 valence electrons. The quantitative estimate of drug-likeness (QED) is 0.454. The lowest BCUT2D eigenvalue weighted by atomic mass is 10.2. The topological polar surface area (TPSA) is 51.8 Å². The molecule has 0 saturated heterocycles. The number of pyridine rings is 3. The number of para-hydroxylation sites is 1. The van der Waals surface area contributed by atoms with Crippen LogP contribution in [-0.2, 0) is 0 Å². The Labute approximate surface area is 131 Å². The molecule has 0 N–H and O–H groups in total. The van der Waals surface area contributed by atoms with Crippen molar-refractivity contribution in [1.82, 2.24) is 15.0 Å². The number of hydrogen-bond donors (Lipinski definition) is 0. The number of hydrogen-bond acceptors (Lipinski definition) is 4. The molecule has 0 aliphatic heterocycles.